The van der Waals surface area contributed by atoms with Crippen molar-refractivity contribution in [2.75, 3.05) is 4.90 Å². The number of fused-ring (bicyclic) bond motifs is 12. The summed E-state index contributed by atoms with van der Waals surface area (Å²) in [5.74, 6) is 0. The summed E-state index contributed by atoms with van der Waals surface area (Å²) in [6.45, 7) is 0. The third-order valence-electron chi connectivity index (χ3n) is 11.7. The van der Waals surface area contributed by atoms with E-state index in [-0.39, 0.29) is 0 Å². The molecule has 0 radical (unpaired) electrons. The van der Waals surface area contributed by atoms with E-state index in [1.165, 1.54) is 64.7 Å². The van der Waals surface area contributed by atoms with Crippen LogP contribution in [0.15, 0.2) is 202 Å². The fourth-order valence-electron chi connectivity index (χ4n) is 9.50. The normalized spacial score (nSPS) is 13.6. The topological polar surface area (TPSA) is 16.4 Å². The minimum absolute atomic E-state index is 0.537. The first-order chi connectivity index (χ1) is 26.8. The molecule has 1 aliphatic carbocycles. The molecule has 9 aromatic carbocycles. The van der Waals surface area contributed by atoms with Crippen LogP contribution in [0.4, 0.5) is 17.1 Å². The smallest absolute Gasteiger partial charge is 0.137 e. The molecule has 12 rings (SSSR count). The lowest BCUT2D eigenvalue weighted by Gasteiger charge is -2.46. The van der Waals surface area contributed by atoms with E-state index in [0.717, 1.165) is 39.0 Å². The second kappa shape index (κ2) is 11.2. The summed E-state index contributed by atoms with van der Waals surface area (Å²) in [5, 5.41) is 7.24. The highest BCUT2D eigenvalue weighted by atomic mass is 32.2. The molecular formula is C51H31NOS. The molecule has 0 saturated heterocycles. The van der Waals surface area contributed by atoms with Gasteiger partial charge < -0.3 is 9.32 Å². The van der Waals surface area contributed by atoms with Crippen molar-refractivity contribution < 1.29 is 4.42 Å². The van der Waals surface area contributed by atoms with Crippen molar-refractivity contribution in [3.63, 3.8) is 0 Å². The van der Waals surface area contributed by atoms with Gasteiger partial charge in [-0.2, -0.15) is 0 Å². The summed E-state index contributed by atoms with van der Waals surface area (Å²) < 4.78 is 6.50. The SMILES string of the molecule is c1ccc2c(c1)Sc1ccccc1C21c2cc(N(c3ccc4c(c3)oc3ccccc34)c3cccc4ccccc34)ccc2-c2cccc3cccc1c23. The zero-order valence-electron chi connectivity index (χ0n) is 29.2. The molecule has 3 heteroatoms. The largest absolute Gasteiger partial charge is 0.456 e. The summed E-state index contributed by atoms with van der Waals surface area (Å²) in [6.07, 6.45) is 0. The van der Waals surface area contributed by atoms with Crippen LogP contribution in [0.3, 0.4) is 0 Å². The highest BCUT2D eigenvalue weighted by Crippen LogP contribution is 2.62. The second-order valence-corrected chi connectivity index (χ2v) is 15.5. The van der Waals surface area contributed by atoms with E-state index in [1.807, 2.05) is 17.8 Å². The molecule has 0 amide bonds. The van der Waals surface area contributed by atoms with Crippen molar-refractivity contribution in [3.8, 4) is 11.1 Å². The highest BCUT2D eigenvalue weighted by molar-refractivity contribution is 7.99. The molecule has 0 N–H and O–H groups in total. The van der Waals surface area contributed by atoms with Crippen molar-refractivity contribution in [1.29, 1.82) is 0 Å². The Morgan fingerprint density at radius 3 is 1.87 bits per heavy atom. The van der Waals surface area contributed by atoms with Crippen LogP contribution >= 0.6 is 11.8 Å². The minimum Gasteiger partial charge on any atom is -0.456 e. The summed E-state index contributed by atoms with van der Waals surface area (Å²) in [7, 11) is 0. The summed E-state index contributed by atoms with van der Waals surface area (Å²) in [5.41, 5.74) is 12.3. The Kier molecular flexibility index (Phi) is 6.23. The molecule has 2 heterocycles. The molecule has 10 aromatic rings. The van der Waals surface area contributed by atoms with Crippen molar-refractivity contribution in [2.45, 2.75) is 15.2 Å². The van der Waals surface area contributed by atoms with Crippen LogP contribution in [0.2, 0.25) is 0 Å². The van der Waals surface area contributed by atoms with Crippen molar-refractivity contribution in [3.05, 3.63) is 210 Å². The average Bonchev–Trinajstić information content (AvgIpc) is 3.60. The predicted molar refractivity (Wildman–Crippen MR) is 225 cm³/mol. The van der Waals surface area contributed by atoms with Gasteiger partial charge in [-0.1, -0.05) is 145 Å². The van der Waals surface area contributed by atoms with E-state index in [9.17, 15) is 0 Å². The van der Waals surface area contributed by atoms with Crippen LogP contribution in [0.5, 0.6) is 0 Å². The minimum atomic E-state index is -0.537. The van der Waals surface area contributed by atoms with E-state index < -0.39 is 5.41 Å². The summed E-state index contributed by atoms with van der Waals surface area (Å²) in [6, 6.07) is 69.3. The van der Waals surface area contributed by atoms with Gasteiger partial charge in [-0.3, -0.25) is 0 Å². The van der Waals surface area contributed by atoms with Gasteiger partial charge in [0.2, 0.25) is 0 Å². The number of nitrogens with zero attached hydrogens (tertiary/aromatic N) is 1. The van der Waals surface area contributed by atoms with Gasteiger partial charge in [-0.05, 0) is 98.1 Å². The van der Waals surface area contributed by atoms with Gasteiger partial charge in [0.1, 0.15) is 11.2 Å². The van der Waals surface area contributed by atoms with E-state index >= 15 is 0 Å². The standard InChI is InChI=1S/C51H31NOS/c1-2-16-36-32(12-1)13-11-22-45(36)52(35-27-29-39-38-17-3-6-23-46(38)53-47(39)31-35)34-26-28-37-40-18-9-14-33-15-10-21-43(50(33)40)51(44(37)30-34)41-19-4-7-24-48(41)54-49-25-8-5-20-42(49)51/h1-31H. The number of furan rings is 1. The van der Waals surface area contributed by atoms with Crippen LogP contribution in [-0.2, 0) is 5.41 Å². The maximum atomic E-state index is 6.50. The zero-order valence-corrected chi connectivity index (χ0v) is 30.0. The monoisotopic (exact) mass is 705 g/mol. The Hall–Kier alpha value is -6.55. The number of benzene rings is 9. The molecule has 0 bridgehead atoms. The second-order valence-electron chi connectivity index (χ2n) is 14.4. The molecule has 0 fully saturated rings. The number of hydrogen-bond donors (Lipinski definition) is 0. The lowest BCUT2D eigenvalue weighted by molar-refractivity contribution is 0.669. The molecular weight excluding hydrogens is 675 g/mol. The van der Waals surface area contributed by atoms with Crippen LogP contribution in [0.1, 0.15) is 22.3 Å². The molecule has 1 aliphatic heterocycles. The molecule has 1 spiro atoms. The number of anilines is 3. The molecule has 252 valence electrons. The summed E-state index contributed by atoms with van der Waals surface area (Å²) >= 11 is 1.88. The average molecular weight is 706 g/mol. The van der Waals surface area contributed by atoms with E-state index in [4.69, 9.17) is 4.42 Å². The molecule has 0 atom stereocenters. The molecule has 54 heavy (non-hydrogen) atoms. The van der Waals surface area contributed by atoms with Crippen LogP contribution in [-0.4, -0.2) is 0 Å². The van der Waals surface area contributed by atoms with Gasteiger partial charge in [0.05, 0.1) is 11.1 Å². The highest BCUT2D eigenvalue weighted by Gasteiger charge is 2.48. The summed E-state index contributed by atoms with van der Waals surface area (Å²) in [4.78, 5) is 5.02. The lowest BCUT2D eigenvalue weighted by atomic mass is 9.59. The van der Waals surface area contributed by atoms with Crippen molar-refractivity contribution in [2.24, 2.45) is 0 Å². The number of hydrogen-bond acceptors (Lipinski definition) is 3. The van der Waals surface area contributed by atoms with E-state index in [2.05, 4.69) is 187 Å². The fourth-order valence-corrected chi connectivity index (χ4v) is 10.7. The Balaban J connectivity index is 1.20. The van der Waals surface area contributed by atoms with Crippen LogP contribution < -0.4 is 4.90 Å². The van der Waals surface area contributed by atoms with Gasteiger partial charge >= 0.3 is 0 Å². The lowest BCUT2D eigenvalue weighted by Crippen LogP contribution is -2.36. The zero-order chi connectivity index (χ0) is 35.4. The first kappa shape index (κ1) is 30.0. The van der Waals surface area contributed by atoms with Crippen LogP contribution in [0, 0.1) is 0 Å². The van der Waals surface area contributed by atoms with Gasteiger partial charge in [0.25, 0.3) is 0 Å². The molecule has 2 aliphatic rings. The maximum absolute atomic E-state index is 6.50. The fraction of sp³-hybridized carbons (Fsp3) is 0.0196. The van der Waals surface area contributed by atoms with E-state index in [0.29, 0.717) is 0 Å². The predicted octanol–water partition coefficient (Wildman–Crippen LogP) is 14.2. The van der Waals surface area contributed by atoms with E-state index in [1.54, 1.807) is 0 Å². The first-order valence-corrected chi connectivity index (χ1v) is 19.3. The van der Waals surface area contributed by atoms with Crippen molar-refractivity contribution in [1.82, 2.24) is 0 Å². The van der Waals surface area contributed by atoms with Crippen LogP contribution in [0.25, 0.3) is 54.6 Å². The Morgan fingerprint density at radius 1 is 0.407 bits per heavy atom. The molecule has 0 unspecified atom stereocenters. The van der Waals surface area contributed by atoms with Gasteiger partial charge in [0.15, 0.2) is 0 Å². The quantitative estimate of drug-likeness (QED) is 0.182. The van der Waals surface area contributed by atoms with Gasteiger partial charge in [-0.25, -0.2) is 0 Å². The Morgan fingerprint density at radius 2 is 1.02 bits per heavy atom. The number of rotatable bonds is 3. The van der Waals surface area contributed by atoms with Gasteiger partial charge in [0, 0.05) is 43.4 Å². The van der Waals surface area contributed by atoms with Gasteiger partial charge in [-0.15, -0.1) is 0 Å². The Bertz CT molecular complexity index is 3120. The Labute approximate surface area is 316 Å². The third kappa shape index (κ3) is 4.02. The van der Waals surface area contributed by atoms with Crippen molar-refractivity contribution >= 4 is 72.3 Å². The first-order valence-electron chi connectivity index (χ1n) is 18.5. The third-order valence-corrected chi connectivity index (χ3v) is 12.8. The number of para-hydroxylation sites is 1. The molecule has 1 aromatic heterocycles. The molecule has 0 saturated carbocycles. The molecule has 2 nitrogen and oxygen atoms in total. The maximum Gasteiger partial charge on any atom is 0.137 e.